The molecule has 146 valence electrons. The maximum Gasteiger partial charge on any atom is 0.255 e. The van der Waals surface area contributed by atoms with Crippen LogP contribution < -0.4 is 15.2 Å². The van der Waals surface area contributed by atoms with Crippen LogP contribution in [0.15, 0.2) is 40.1 Å². The summed E-state index contributed by atoms with van der Waals surface area (Å²) in [6.45, 7) is 4.91. The molecule has 2 aromatic carbocycles. The number of anilines is 1. The number of sulfonamides is 2. The molecular weight excluding hydrogens is 390 g/mol. The molecule has 2 rings (SSSR count). The lowest BCUT2D eigenvalue weighted by molar-refractivity contribution is 0.102. The number of amides is 1. The van der Waals surface area contributed by atoms with Gasteiger partial charge >= 0.3 is 0 Å². The Hall–Kier alpha value is -2.27. The molecular formula is C17H21N3O5S2. The molecule has 8 nitrogen and oxygen atoms in total. The van der Waals surface area contributed by atoms with Crippen molar-refractivity contribution in [3.05, 3.63) is 52.6 Å². The second-order valence-electron chi connectivity index (χ2n) is 6.10. The van der Waals surface area contributed by atoms with E-state index < -0.39 is 26.0 Å². The number of hydrogen-bond donors (Lipinski definition) is 3. The number of carbonyl (C=O) groups excluding carboxylic acids is 1. The highest BCUT2D eigenvalue weighted by molar-refractivity contribution is 7.89. The zero-order chi connectivity index (χ0) is 20.6. The molecule has 2 aromatic rings. The van der Waals surface area contributed by atoms with Crippen LogP contribution in [0.1, 0.15) is 27.0 Å². The molecule has 0 radical (unpaired) electrons. The predicted octanol–water partition coefficient (Wildman–Crippen LogP) is 1.42. The first-order valence-corrected chi connectivity index (χ1v) is 10.9. The number of benzene rings is 2. The molecule has 0 atom stereocenters. The first-order valence-electron chi connectivity index (χ1n) is 7.86. The summed E-state index contributed by atoms with van der Waals surface area (Å²) in [6.07, 6.45) is 0. The van der Waals surface area contributed by atoms with Crippen molar-refractivity contribution < 1.29 is 21.6 Å². The molecule has 0 aromatic heterocycles. The van der Waals surface area contributed by atoms with Gasteiger partial charge in [-0.25, -0.2) is 26.7 Å². The summed E-state index contributed by atoms with van der Waals surface area (Å²) in [7, 11) is -6.38. The van der Waals surface area contributed by atoms with E-state index in [4.69, 9.17) is 5.14 Å². The third kappa shape index (κ3) is 4.53. The summed E-state index contributed by atoms with van der Waals surface area (Å²) in [4.78, 5) is 12.5. The topological polar surface area (TPSA) is 135 Å². The van der Waals surface area contributed by atoms with E-state index in [2.05, 4.69) is 10.0 Å². The lowest BCUT2D eigenvalue weighted by atomic mass is 10.1. The van der Waals surface area contributed by atoms with Crippen molar-refractivity contribution in [3.8, 4) is 0 Å². The summed E-state index contributed by atoms with van der Waals surface area (Å²) < 4.78 is 49.8. The molecule has 0 bridgehead atoms. The molecule has 0 spiro atoms. The van der Waals surface area contributed by atoms with Crippen molar-refractivity contribution in [3.63, 3.8) is 0 Å². The molecule has 0 aliphatic heterocycles. The number of nitrogens with one attached hydrogen (secondary N) is 2. The molecule has 4 N–H and O–H groups in total. The smallest absolute Gasteiger partial charge is 0.255 e. The maximum atomic E-state index is 12.6. The van der Waals surface area contributed by atoms with Crippen LogP contribution in [0, 0.1) is 20.8 Å². The highest BCUT2D eigenvalue weighted by Gasteiger charge is 2.19. The number of primary sulfonamides is 1. The van der Waals surface area contributed by atoms with Gasteiger partial charge in [0.05, 0.1) is 9.79 Å². The maximum absolute atomic E-state index is 12.6. The van der Waals surface area contributed by atoms with Gasteiger partial charge in [-0.2, -0.15) is 0 Å². The van der Waals surface area contributed by atoms with Crippen molar-refractivity contribution in [1.29, 1.82) is 0 Å². The van der Waals surface area contributed by atoms with Crippen molar-refractivity contribution in [2.45, 2.75) is 30.6 Å². The molecule has 0 heterocycles. The van der Waals surface area contributed by atoms with Gasteiger partial charge < -0.3 is 5.32 Å². The minimum Gasteiger partial charge on any atom is -0.322 e. The first-order chi connectivity index (χ1) is 12.4. The Kier molecular flexibility index (Phi) is 5.76. The molecule has 0 fully saturated rings. The third-order valence-electron chi connectivity index (χ3n) is 4.19. The minimum atomic E-state index is -3.99. The van der Waals surface area contributed by atoms with Gasteiger partial charge in [0.1, 0.15) is 0 Å². The van der Waals surface area contributed by atoms with Gasteiger partial charge in [0.15, 0.2) is 0 Å². The molecule has 0 saturated heterocycles. The third-order valence-corrected chi connectivity index (χ3v) is 6.79. The van der Waals surface area contributed by atoms with E-state index in [0.717, 1.165) is 0 Å². The Morgan fingerprint density at radius 3 is 2.11 bits per heavy atom. The molecule has 1 amide bonds. The lowest BCUT2D eigenvalue weighted by Crippen LogP contribution is -2.20. The minimum absolute atomic E-state index is 0.0353. The number of rotatable bonds is 5. The van der Waals surface area contributed by atoms with Crippen molar-refractivity contribution in [1.82, 2.24) is 4.72 Å². The second kappa shape index (κ2) is 7.39. The van der Waals surface area contributed by atoms with E-state index in [1.165, 1.54) is 19.2 Å². The molecule has 0 saturated carbocycles. The van der Waals surface area contributed by atoms with E-state index in [1.54, 1.807) is 39.0 Å². The second-order valence-corrected chi connectivity index (χ2v) is 9.49. The van der Waals surface area contributed by atoms with Crippen LogP contribution in [0.5, 0.6) is 0 Å². The fourth-order valence-corrected chi connectivity index (χ4v) is 4.41. The summed E-state index contributed by atoms with van der Waals surface area (Å²) >= 11 is 0. The van der Waals surface area contributed by atoms with E-state index in [9.17, 15) is 21.6 Å². The van der Waals surface area contributed by atoms with Crippen LogP contribution in [0.3, 0.4) is 0 Å². The standard InChI is InChI=1S/C17H21N3O5S2/c1-10-5-6-14(9-15(10)27(24,25)19-4)20-17(21)13-7-11(2)12(3)16(8-13)26(18,22)23/h5-9,19H,1-4H3,(H,20,21)(H2,18,22,23). The van der Waals surface area contributed by atoms with Crippen LogP contribution in [0.25, 0.3) is 0 Å². The normalized spacial score (nSPS) is 12.0. The van der Waals surface area contributed by atoms with Gasteiger partial charge in [-0.15, -0.1) is 0 Å². The summed E-state index contributed by atoms with van der Waals surface area (Å²) in [5, 5.41) is 7.80. The van der Waals surface area contributed by atoms with Gasteiger partial charge in [-0.3, -0.25) is 4.79 Å². The van der Waals surface area contributed by atoms with Gasteiger partial charge in [0.2, 0.25) is 20.0 Å². The average molecular weight is 412 g/mol. The van der Waals surface area contributed by atoms with E-state index in [0.29, 0.717) is 16.7 Å². The van der Waals surface area contributed by atoms with Crippen LogP contribution in [0.2, 0.25) is 0 Å². The fraction of sp³-hybridized carbons (Fsp3) is 0.235. The SMILES string of the molecule is CNS(=O)(=O)c1cc(NC(=O)c2cc(C)c(C)c(S(N)(=O)=O)c2)ccc1C. The van der Waals surface area contributed by atoms with Crippen LogP contribution in [0.4, 0.5) is 5.69 Å². The van der Waals surface area contributed by atoms with Crippen molar-refractivity contribution in [2.24, 2.45) is 5.14 Å². The highest BCUT2D eigenvalue weighted by atomic mass is 32.2. The Balaban J connectivity index is 2.45. The monoisotopic (exact) mass is 411 g/mol. The zero-order valence-corrected chi connectivity index (χ0v) is 17.0. The molecule has 27 heavy (non-hydrogen) atoms. The Labute approximate surface area is 158 Å². The largest absolute Gasteiger partial charge is 0.322 e. The fourth-order valence-electron chi connectivity index (χ4n) is 2.53. The Bertz CT molecular complexity index is 1120. The van der Waals surface area contributed by atoms with Crippen molar-refractivity contribution in [2.75, 3.05) is 12.4 Å². The molecule has 0 unspecified atom stereocenters. The summed E-state index contributed by atoms with van der Waals surface area (Å²) in [5.41, 5.74) is 1.93. The summed E-state index contributed by atoms with van der Waals surface area (Å²) in [5.74, 6) is -0.584. The lowest BCUT2D eigenvalue weighted by Gasteiger charge is -2.13. The number of hydrogen-bond acceptors (Lipinski definition) is 5. The van der Waals surface area contributed by atoms with E-state index in [-0.39, 0.29) is 21.0 Å². The number of nitrogens with two attached hydrogens (primary N) is 1. The van der Waals surface area contributed by atoms with Gasteiger partial charge in [0, 0.05) is 11.3 Å². The Morgan fingerprint density at radius 1 is 0.926 bits per heavy atom. The highest BCUT2D eigenvalue weighted by Crippen LogP contribution is 2.23. The van der Waals surface area contributed by atoms with Crippen molar-refractivity contribution >= 4 is 31.6 Å². The molecule has 0 aliphatic carbocycles. The average Bonchev–Trinajstić information content (AvgIpc) is 2.57. The van der Waals surface area contributed by atoms with E-state index in [1.807, 2.05) is 0 Å². The van der Waals surface area contributed by atoms with Crippen LogP contribution >= 0.6 is 0 Å². The van der Waals surface area contributed by atoms with Gasteiger partial charge in [-0.1, -0.05) is 6.07 Å². The van der Waals surface area contributed by atoms with E-state index >= 15 is 0 Å². The molecule has 0 aliphatic rings. The zero-order valence-electron chi connectivity index (χ0n) is 15.3. The number of aryl methyl sites for hydroxylation is 2. The quantitative estimate of drug-likeness (QED) is 0.684. The Morgan fingerprint density at radius 2 is 1.56 bits per heavy atom. The van der Waals surface area contributed by atoms with Crippen LogP contribution in [-0.2, 0) is 20.0 Å². The van der Waals surface area contributed by atoms with Gasteiger partial charge in [-0.05, 0) is 68.8 Å². The van der Waals surface area contributed by atoms with Crippen LogP contribution in [-0.4, -0.2) is 29.8 Å². The molecule has 10 heteroatoms. The number of carbonyl (C=O) groups is 1. The first kappa shape index (κ1) is 21.0. The predicted molar refractivity (Wildman–Crippen MR) is 103 cm³/mol. The van der Waals surface area contributed by atoms with Gasteiger partial charge in [0.25, 0.3) is 5.91 Å². The summed E-state index contributed by atoms with van der Waals surface area (Å²) in [6, 6.07) is 7.20.